The third-order valence-electron chi connectivity index (χ3n) is 5.62. The summed E-state index contributed by atoms with van der Waals surface area (Å²) in [6.07, 6.45) is 2.71. The molecular weight excluding hydrogens is 402 g/mol. The number of hydrogen-bond acceptors (Lipinski definition) is 5. The molecule has 0 atom stereocenters. The van der Waals surface area contributed by atoms with Crippen LogP contribution < -0.4 is 0 Å². The second-order valence-electron chi connectivity index (χ2n) is 8.99. The van der Waals surface area contributed by atoms with Gasteiger partial charge in [0, 0.05) is 47.6 Å². The Morgan fingerprint density at radius 1 is 1.17 bits per heavy atom. The van der Waals surface area contributed by atoms with Crippen LogP contribution in [0.2, 0.25) is 5.02 Å². The number of oxazole rings is 1. The quantitative estimate of drug-likeness (QED) is 0.584. The standard InChI is InChI=1S/C23H28ClN3O3/c1-15-17-12-16(24)6-7-18(17)29-21(15)22(28)27-9-5-8-26(10-11-27)14-20-25-13-19(30-20)23(2,3)4/h6-7,12-13H,5,8-11,14H2,1-4H3. The van der Waals surface area contributed by atoms with Crippen LogP contribution in [-0.2, 0) is 12.0 Å². The van der Waals surface area contributed by atoms with Crippen molar-refractivity contribution in [3.05, 3.63) is 52.4 Å². The molecule has 1 aliphatic rings. The number of halogens is 1. The fourth-order valence-corrected chi connectivity index (χ4v) is 3.97. The molecule has 3 aromatic rings. The zero-order valence-corrected chi connectivity index (χ0v) is 18.8. The van der Waals surface area contributed by atoms with E-state index in [0.29, 0.717) is 36.0 Å². The van der Waals surface area contributed by atoms with Crippen LogP contribution in [-0.4, -0.2) is 46.9 Å². The summed E-state index contributed by atoms with van der Waals surface area (Å²) >= 11 is 6.10. The molecule has 160 valence electrons. The van der Waals surface area contributed by atoms with Gasteiger partial charge < -0.3 is 13.7 Å². The van der Waals surface area contributed by atoms with Crippen LogP contribution in [0.4, 0.5) is 0 Å². The van der Waals surface area contributed by atoms with Crippen molar-refractivity contribution in [2.24, 2.45) is 0 Å². The molecule has 3 heterocycles. The second kappa shape index (κ2) is 8.08. The minimum atomic E-state index is -0.0622. The Morgan fingerprint density at radius 3 is 2.70 bits per heavy atom. The van der Waals surface area contributed by atoms with Crippen molar-refractivity contribution in [2.75, 3.05) is 26.2 Å². The van der Waals surface area contributed by atoms with E-state index in [1.165, 1.54) is 0 Å². The zero-order chi connectivity index (χ0) is 21.5. The number of fused-ring (bicyclic) bond motifs is 1. The molecule has 1 aliphatic heterocycles. The van der Waals surface area contributed by atoms with Gasteiger partial charge in [0.15, 0.2) is 5.76 Å². The second-order valence-corrected chi connectivity index (χ2v) is 9.42. The smallest absolute Gasteiger partial charge is 0.289 e. The first-order chi connectivity index (χ1) is 14.2. The molecule has 30 heavy (non-hydrogen) atoms. The van der Waals surface area contributed by atoms with Gasteiger partial charge >= 0.3 is 0 Å². The molecule has 0 spiro atoms. The number of carbonyl (C=O) groups is 1. The molecule has 0 N–H and O–H groups in total. The maximum absolute atomic E-state index is 13.2. The minimum Gasteiger partial charge on any atom is -0.451 e. The molecule has 1 amide bonds. The topological polar surface area (TPSA) is 62.7 Å². The summed E-state index contributed by atoms with van der Waals surface area (Å²) in [6.45, 7) is 11.9. The van der Waals surface area contributed by atoms with E-state index in [9.17, 15) is 4.79 Å². The largest absolute Gasteiger partial charge is 0.451 e. The van der Waals surface area contributed by atoms with Crippen LogP contribution in [0.15, 0.2) is 33.2 Å². The third kappa shape index (κ3) is 4.25. The lowest BCUT2D eigenvalue weighted by atomic mass is 9.94. The SMILES string of the molecule is Cc1c(C(=O)N2CCCN(Cc3ncc(C(C)(C)C)o3)CC2)oc2ccc(Cl)cc12. The fourth-order valence-electron chi connectivity index (χ4n) is 3.79. The summed E-state index contributed by atoms with van der Waals surface area (Å²) in [4.78, 5) is 21.8. The number of amides is 1. The molecular formula is C23H28ClN3O3. The van der Waals surface area contributed by atoms with E-state index in [0.717, 1.165) is 42.1 Å². The molecule has 0 unspecified atom stereocenters. The Balaban J connectivity index is 1.43. The van der Waals surface area contributed by atoms with Crippen molar-refractivity contribution in [1.82, 2.24) is 14.8 Å². The van der Waals surface area contributed by atoms with Crippen molar-refractivity contribution in [3.8, 4) is 0 Å². The highest BCUT2D eigenvalue weighted by Crippen LogP contribution is 2.29. The Hall–Kier alpha value is -2.31. The van der Waals surface area contributed by atoms with Gasteiger partial charge in [-0.15, -0.1) is 0 Å². The predicted molar refractivity (Wildman–Crippen MR) is 117 cm³/mol. The molecule has 0 radical (unpaired) electrons. The number of aryl methyl sites for hydroxylation is 1. The summed E-state index contributed by atoms with van der Waals surface area (Å²) in [7, 11) is 0. The van der Waals surface area contributed by atoms with Crippen LogP contribution in [0.25, 0.3) is 11.0 Å². The molecule has 6 nitrogen and oxygen atoms in total. The van der Waals surface area contributed by atoms with E-state index in [1.54, 1.807) is 6.07 Å². The number of furan rings is 1. The zero-order valence-electron chi connectivity index (χ0n) is 18.0. The number of benzene rings is 1. The molecule has 0 saturated carbocycles. The van der Waals surface area contributed by atoms with Crippen molar-refractivity contribution in [1.29, 1.82) is 0 Å². The number of carbonyl (C=O) groups excluding carboxylic acids is 1. The first kappa shape index (κ1) is 20.9. The van der Waals surface area contributed by atoms with Crippen LogP contribution in [0.3, 0.4) is 0 Å². The molecule has 2 aromatic heterocycles. The molecule has 1 fully saturated rings. The average molecular weight is 430 g/mol. The van der Waals surface area contributed by atoms with Crippen molar-refractivity contribution >= 4 is 28.5 Å². The van der Waals surface area contributed by atoms with Gasteiger partial charge in [0.2, 0.25) is 5.89 Å². The summed E-state index contributed by atoms with van der Waals surface area (Å²) < 4.78 is 11.8. The van der Waals surface area contributed by atoms with Gasteiger partial charge in [-0.25, -0.2) is 4.98 Å². The first-order valence-corrected chi connectivity index (χ1v) is 10.8. The molecule has 0 aliphatic carbocycles. The normalized spacial score (nSPS) is 16.2. The first-order valence-electron chi connectivity index (χ1n) is 10.4. The Kier molecular flexibility index (Phi) is 5.64. The van der Waals surface area contributed by atoms with Gasteiger partial charge in [-0.3, -0.25) is 9.69 Å². The molecule has 1 aromatic carbocycles. The maximum atomic E-state index is 13.2. The fraction of sp³-hybridized carbons (Fsp3) is 0.478. The Bertz CT molecular complexity index is 1060. The van der Waals surface area contributed by atoms with Gasteiger partial charge in [-0.1, -0.05) is 32.4 Å². The lowest BCUT2D eigenvalue weighted by molar-refractivity contribution is 0.0730. The van der Waals surface area contributed by atoms with Crippen LogP contribution >= 0.6 is 11.6 Å². The van der Waals surface area contributed by atoms with E-state index in [2.05, 4.69) is 30.7 Å². The lowest BCUT2D eigenvalue weighted by Gasteiger charge is -2.20. The van der Waals surface area contributed by atoms with Gasteiger partial charge in [-0.2, -0.15) is 0 Å². The number of nitrogens with zero attached hydrogens (tertiary/aromatic N) is 3. The predicted octanol–water partition coefficient (Wildman–Crippen LogP) is 5.03. The number of aromatic nitrogens is 1. The minimum absolute atomic E-state index is 0.0536. The van der Waals surface area contributed by atoms with Crippen molar-refractivity contribution in [2.45, 2.75) is 46.1 Å². The Morgan fingerprint density at radius 2 is 1.97 bits per heavy atom. The lowest BCUT2D eigenvalue weighted by Crippen LogP contribution is -2.35. The summed E-state index contributed by atoms with van der Waals surface area (Å²) in [5, 5.41) is 1.53. The van der Waals surface area contributed by atoms with Gasteiger partial charge in [0.1, 0.15) is 11.3 Å². The highest BCUT2D eigenvalue weighted by Gasteiger charge is 2.26. The number of hydrogen-bond donors (Lipinski definition) is 0. The summed E-state index contributed by atoms with van der Waals surface area (Å²) in [5.74, 6) is 1.96. The van der Waals surface area contributed by atoms with E-state index >= 15 is 0 Å². The average Bonchev–Trinajstić information content (AvgIpc) is 3.20. The van der Waals surface area contributed by atoms with E-state index < -0.39 is 0 Å². The third-order valence-corrected chi connectivity index (χ3v) is 5.85. The summed E-state index contributed by atoms with van der Waals surface area (Å²) in [6, 6.07) is 5.44. The Labute approximate surface area is 181 Å². The molecule has 0 bridgehead atoms. The van der Waals surface area contributed by atoms with Gasteiger partial charge in [-0.05, 0) is 31.5 Å². The summed E-state index contributed by atoms with van der Waals surface area (Å²) in [5.41, 5.74) is 1.48. The molecule has 7 heteroatoms. The molecule has 1 saturated heterocycles. The van der Waals surface area contributed by atoms with E-state index in [1.807, 2.05) is 30.2 Å². The highest BCUT2D eigenvalue weighted by molar-refractivity contribution is 6.31. The van der Waals surface area contributed by atoms with Crippen LogP contribution in [0.5, 0.6) is 0 Å². The monoisotopic (exact) mass is 429 g/mol. The highest BCUT2D eigenvalue weighted by atomic mass is 35.5. The number of rotatable bonds is 3. The van der Waals surface area contributed by atoms with Crippen LogP contribution in [0.1, 0.15) is 55.0 Å². The van der Waals surface area contributed by atoms with Crippen molar-refractivity contribution in [3.63, 3.8) is 0 Å². The van der Waals surface area contributed by atoms with Crippen molar-refractivity contribution < 1.29 is 13.6 Å². The van der Waals surface area contributed by atoms with E-state index in [4.69, 9.17) is 20.4 Å². The van der Waals surface area contributed by atoms with Gasteiger partial charge in [0.25, 0.3) is 5.91 Å². The maximum Gasteiger partial charge on any atom is 0.289 e. The van der Waals surface area contributed by atoms with Crippen LogP contribution in [0, 0.1) is 6.92 Å². The van der Waals surface area contributed by atoms with E-state index in [-0.39, 0.29) is 11.3 Å². The van der Waals surface area contributed by atoms with Gasteiger partial charge in [0.05, 0.1) is 12.7 Å². The molecule has 4 rings (SSSR count).